The maximum Gasteiger partial charge on any atom is 0.0223 e. The van der Waals surface area contributed by atoms with Crippen molar-refractivity contribution in [2.75, 3.05) is 26.2 Å². The van der Waals surface area contributed by atoms with Gasteiger partial charge in [0.15, 0.2) is 0 Å². The first-order valence-electron chi connectivity index (χ1n) is 8.86. The third-order valence-electron chi connectivity index (χ3n) is 5.95. The number of hydrogen-bond donors (Lipinski definition) is 0. The summed E-state index contributed by atoms with van der Waals surface area (Å²) in [6.07, 6.45) is 13.2. The van der Waals surface area contributed by atoms with Crippen LogP contribution in [0.3, 0.4) is 0 Å². The van der Waals surface area contributed by atoms with Gasteiger partial charge in [0.25, 0.3) is 0 Å². The molecule has 3 rings (SSSR count). The fourth-order valence-corrected chi connectivity index (χ4v) is 4.89. The standard InChI is InChI=1S/C17H32N2/c1-2-17(15-8-4-3-5-9-15)19-13-12-18-11-7-6-10-16(18)14-19/h15-17H,2-14H2,1H3. The average Bonchev–Trinajstić information content (AvgIpc) is 2.49. The van der Waals surface area contributed by atoms with Crippen molar-refractivity contribution in [2.45, 2.75) is 76.8 Å². The van der Waals surface area contributed by atoms with Crippen molar-refractivity contribution in [3.8, 4) is 0 Å². The lowest BCUT2D eigenvalue weighted by atomic mass is 9.81. The molecule has 2 aliphatic heterocycles. The van der Waals surface area contributed by atoms with E-state index in [1.165, 1.54) is 84.0 Å². The lowest BCUT2D eigenvalue weighted by molar-refractivity contribution is 0.00574. The second kappa shape index (κ2) is 6.58. The molecule has 3 fully saturated rings. The van der Waals surface area contributed by atoms with Crippen LogP contribution in [0.15, 0.2) is 0 Å². The van der Waals surface area contributed by atoms with E-state index in [0.29, 0.717) is 0 Å². The van der Waals surface area contributed by atoms with Gasteiger partial charge in [-0.05, 0) is 44.6 Å². The van der Waals surface area contributed by atoms with Crippen LogP contribution in [0.2, 0.25) is 0 Å². The van der Waals surface area contributed by atoms with Crippen molar-refractivity contribution in [3.63, 3.8) is 0 Å². The Labute approximate surface area is 119 Å². The normalized spacial score (nSPS) is 33.0. The predicted molar refractivity (Wildman–Crippen MR) is 81.4 cm³/mol. The highest BCUT2D eigenvalue weighted by atomic mass is 15.3. The second-order valence-corrected chi connectivity index (χ2v) is 7.05. The highest BCUT2D eigenvalue weighted by Crippen LogP contribution is 2.32. The topological polar surface area (TPSA) is 6.48 Å². The minimum atomic E-state index is 0.889. The van der Waals surface area contributed by atoms with Gasteiger partial charge in [0.1, 0.15) is 0 Å². The summed E-state index contributed by atoms with van der Waals surface area (Å²) >= 11 is 0. The Kier molecular flexibility index (Phi) is 4.81. The minimum absolute atomic E-state index is 0.889. The van der Waals surface area contributed by atoms with E-state index in [1.807, 2.05) is 0 Å². The highest BCUT2D eigenvalue weighted by Gasteiger charge is 2.34. The number of nitrogens with zero attached hydrogens (tertiary/aromatic N) is 2. The second-order valence-electron chi connectivity index (χ2n) is 7.05. The van der Waals surface area contributed by atoms with Crippen LogP contribution in [0.5, 0.6) is 0 Å². The van der Waals surface area contributed by atoms with Crippen LogP contribution in [0.25, 0.3) is 0 Å². The molecule has 19 heavy (non-hydrogen) atoms. The Balaban J connectivity index is 1.60. The van der Waals surface area contributed by atoms with Crippen LogP contribution < -0.4 is 0 Å². The first-order chi connectivity index (χ1) is 9.38. The van der Waals surface area contributed by atoms with Gasteiger partial charge in [-0.15, -0.1) is 0 Å². The predicted octanol–water partition coefficient (Wildman–Crippen LogP) is 3.52. The van der Waals surface area contributed by atoms with E-state index in [2.05, 4.69) is 16.7 Å². The number of rotatable bonds is 3. The van der Waals surface area contributed by atoms with Crippen LogP contribution in [0.4, 0.5) is 0 Å². The van der Waals surface area contributed by atoms with E-state index < -0.39 is 0 Å². The summed E-state index contributed by atoms with van der Waals surface area (Å²) in [5.74, 6) is 1.01. The van der Waals surface area contributed by atoms with Crippen LogP contribution in [-0.2, 0) is 0 Å². The van der Waals surface area contributed by atoms with Crippen molar-refractivity contribution >= 4 is 0 Å². The molecule has 2 heteroatoms. The summed E-state index contributed by atoms with van der Waals surface area (Å²) in [6.45, 7) is 7.85. The van der Waals surface area contributed by atoms with Crippen LogP contribution in [-0.4, -0.2) is 48.1 Å². The molecule has 0 N–H and O–H groups in total. The van der Waals surface area contributed by atoms with Gasteiger partial charge in [0.2, 0.25) is 0 Å². The molecule has 2 saturated heterocycles. The van der Waals surface area contributed by atoms with Gasteiger partial charge in [-0.2, -0.15) is 0 Å². The molecule has 2 atom stereocenters. The summed E-state index contributed by atoms with van der Waals surface area (Å²) in [7, 11) is 0. The molecule has 0 aromatic heterocycles. The molecule has 1 aliphatic carbocycles. The molecule has 1 saturated carbocycles. The zero-order valence-corrected chi connectivity index (χ0v) is 12.8. The Morgan fingerprint density at radius 2 is 1.68 bits per heavy atom. The number of hydrogen-bond acceptors (Lipinski definition) is 2. The molecule has 0 amide bonds. The van der Waals surface area contributed by atoms with Crippen LogP contribution >= 0.6 is 0 Å². The highest BCUT2D eigenvalue weighted by molar-refractivity contribution is 4.90. The molecule has 0 radical (unpaired) electrons. The largest absolute Gasteiger partial charge is 0.298 e. The zero-order chi connectivity index (χ0) is 13.1. The van der Waals surface area contributed by atoms with E-state index in [1.54, 1.807) is 0 Å². The maximum absolute atomic E-state index is 2.88. The van der Waals surface area contributed by atoms with Crippen molar-refractivity contribution in [1.29, 1.82) is 0 Å². The van der Waals surface area contributed by atoms with Gasteiger partial charge in [-0.25, -0.2) is 0 Å². The SMILES string of the molecule is CCC(C1CCCCC1)N1CCN2CCCCC2C1. The molecule has 0 aromatic rings. The number of piperazine rings is 1. The lowest BCUT2D eigenvalue weighted by Gasteiger charge is -2.48. The molecule has 0 spiro atoms. The zero-order valence-electron chi connectivity index (χ0n) is 12.8. The molecule has 2 heterocycles. The van der Waals surface area contributed by atoms with E-state index in [-0.39, 0.29) is 0 Å². The Morgan fingerprint density at radius 3 is 2.47 bits per heavy atom. The van der Waals surface area contributed by atoms with Crippen LogP contribution in [0, 0.1) is 5.92 Å². The Morgan fingerprint density at radius 1 is 0.895 bits per heavy atom. The Hall–Kier alpha value is -0.0800. The smallest absolute Gasteiger partial charge is 0.0223 e. The fourth-order valence-electron chi connectivity index (χ4n) is 4.89. The van der Waals surface area contributed by atoms with Gasteiger partial charge in [-0.3, -0.25) is 9.80 Å². The molecule has 110 valence electrons. The van der Waals surface area contributed by atoms with Crippen molar-refractivity contribution < 1.29 is 0 Å². The molecular formula is C17H32N2. The first-order valence-corrected chi connectivity index (χ1v) is 8.86. The number of piperidine rings is 1. The molecule has 2 unspecified atom stereocenters. The van der Waals surface area contributed by atoms with E-state index >= 15 is 0 Å². The van der Waals surface area contributed by atoms with Crippen LogP contribution in [0.1, 0.15) is 64.7 Å². The summed E-state index contributed by atoms with van der Waals surface area (Å²) in [4.78, 5) is 5.65. The van der Waals surface area contributed by atoms with Gasteiger partial charge >= 0.3 is 0 Å². The van der Waals surface area contributed by atoms with E-state index in [4.69, 9.17) is 0 Å². The monoisotopic (exact) mass is 264 g/mol. The summed E-state index contributed by atoms with van der Waals surface area (Å²) in [5, 5.41) is 0. The van der Waals surface area contributed by atoms with Gasteiger partial charge in [0, 0.05) is 31.7 Å². The molecule has 0 aromatic carbocycles. The third kappa shape index (κ3) is 3.16. The molecular weight excluding hydrogens is 232 g/mol. The van der Waals surface area contributed by atoms with Gasteiger partial charge in [-0.1, -0.05) is 32.6 Å². The maximum atomic E-state index is 2.88. The summed E-state index contributed by atoms with van der Waals surface area (Å²) < 4.78 is 0. The Bertz CT molecular complexity index is 272. The van der Waals surface area contributed by atoms with E-state index in [0.717, 1.165) is 18.0 Å². The van der Waals surface area contributed by atoms with Gasteiger partial charge in [0.05, 0.1) is 0 Å². The van der Waals surface area contributed by atoms with Crippen molar-refractivity contribution in [1.82, 2.24) is 9.80 Å². The molecule has 2 nitrogen and oxygen atoms in total. The minimum Gasteiger partial charge on any atom is -0.298 e. The molecule has 3 aliphatic rings. The van der Waals surface area contributed by atoms with Crippen molar-refractivity contribution in [3.05, 3.63) is 0 Å². The lowest BCUT2D eigenvalue weighted by Crippen LogP contribution is -2.58. The van der Waals surface area contributed by atoms with Gasteiger partial charge < -0.3 is 0 Å². The molecule has 0 bridgehead atoms. The summed E-state index contributed by atoms with van der Waals surface area (Å²) in [5.41, 5.74) is 0. The summed E-state index contributed by atoms with van der Waals surface area (Å²) in [6, 6.07) is 1.78. The average molecular weight is 264 g/mol. The quantitative estimate of drug-likeness (QED) is 0.769. The van der Waals surface area contributed by atoms with Crippen molar-refractivity contribution in [2.24, 2.45) is 5.92 Å². The fraction of sp³-hybridized carbons (Fsp3) is 1.00. The third-order valence-corrected chi connectivity index (χ3v) is 5.95. The number of fused-ring (bicyclic) bond motifs is 1. The van der Waals surface area contributed by atoms with E-state index in [9.17, 15) is 0 Å². The first kappa shape index (κ1) is 13.9.